The first kappa shape index (κ1) is 12.6. The second-order valence-electron chi connectivity index (χ2n) is 4.94. The molecule has 0 saturated carbocycles. The van der Waals surface area contributed by atoms with Gasteiger partial charge in [0.1, 0.15) is 5.51 Å². The average molecular weight is 264 g/mol. The largest absolute Gasteiger partial charge is 0.174 e. The first-order valence-electron chi connectivity index (χ1n) is 5.54. The minimum atomic E-state index is 0.227. The SMILES string of the molecule is CC(C)(C)c1ccc(CSc2nncs2)cc1. The van der Waals surface area contributed by atoms with Crippen molar-refractivity contribution in [3.8, 4) is 0 Å². The van der Waals surface area contributed by atoms with Crippen molar-refractivity contribution in [2.75, 3.05) is 0 Å². The molecule has 0 unspecified atom stereocenters. The fraction of sp³-hybridized carbons (Fsp3) is 0.385. The van der Waals surface area contributed by atoms with Crippen LogP contribution in [0.4, 0.5) is 0 Å². The molecule has 4 heteroatoms. The molecule has 0 fully saturated rings. The Morgan fingerprint density at radius 3 is 2.41 bits per heavy atom. The van der Waals surface area contributed by atoms with Crippen LogP contribution in [0.5, 0.6) is 0 Å². The third-order valence-corrected chi connectivity index (χ3v) is 4.45. The lowest BCUT2D eigenvalue weighted by Crippen LogP contribution is -2.10. The van der Waals surface area contributed by atoms with Crippen molar-refractivity contribution in [2.45, 2.75) is 36.3 Å². The van der Waals surface area contributed by atoms with Crippen molar-refractivity contribution in [1.82, 2.24) is 10.2 Å². The minimum Gasteiger partial charge on any atom is -0.146 e. The molecule has 0 N–H and O–H groups in total. The zero-order valence-corrected chi connectivity index (χ0v) is 11.9. The van der Waals surface area contributed by atoms with Crippen LogP contribution >= 0.6 is 23.1 Å². The second kappa shape index (κ2) is 5.19. The van der Waals surface area contributed by atoms with Gasteiger partial charge in [0, 0.05) is 5.75 Å². The number of hydrogen-bond donors (Lipinski definition) is 0. The summed E-state index contributed by atoms with van der Waals surface area (Å²) < 4.78 is 1.03. The van der Waals surface area contributed by atoms with Gasteiger partial charge in [-0.3, -0.25) is 0 Å². The van der Waals surface area contributed by atoms with E-state index in [0.717, 1.165) is 10.1 Å². The topological polar surface area (TPSA) is 25.8 Å². The normalized spacial score (nSPS) is 11.7. The molecule has 1 aromatic heterocycles. The van der Waals surface area contributed by atoms with Crippen molar-refractivity contribution < 1.29 is 0 Å². The molecule has 0 radical (unpaired) electrons. The Kier molecular flexibility index (Phi) is 3.84. The predicted molar refractivity (Wildman–Crippen MR) is 74.6 cm³/mol. The summed E-state index contributed by atoms with van der Waals surface area (Å²) in [5.74, 6) is 0.958. The Morgan fingerprint density at radius 2 is 1.88 bits per heavy atom. The van der Waals surface area contributed by atoms with Crippen LogP contribution in [-0.2, 0) is 11.2 Å². The number of benzene rings is 1. The number of rotatable bonds is 3. The standard InChI is InChI=1S/C13H16N2S2/c1-13(2,3)11-6-4-10(5-7-11)8-16-12-15-14-9-17-12/h4-7,9H,8H2,1-3H3. The van der Waals surface area contributed by atoms with Crippen LogP contribution in [0.2, 0.25) is 0 Å². The van der Waals surface area contributed by atoms with Gasteiger partial charge in [-0.2, -0.15) is 0 Å². The quantitative estimate of drug-likeness (QED) is 0.780. The summed E-state index contributed by atoms with van der Waals surface area (Å²) in [5.41, 5.74) is 4.70. The second-order valence-corrected chi connectivity index (χ2v) is 7.00. The zero-order valence-electron chi connectivity index (χ0n) is 10.3. The van der Waals surface area contributed by atoms with Gasteiger partial charge in [-0.05, 0) is 16.5 Å². The number of thioether (sulfide) groups is 1. The fourth-order valence-corrected chi connectivity index (χ4v) is 2.92. The van der Waals surface area contributed by atoms with E-state index in [1.54, 1.807) is 28.6 Å². The molecule has 0 saturated heterocycles. The van der Waals surface area contributed by atoms with Crippen LogP contribution in [0.3, 0.4) is 0 Å². The van der Waals surface area contributed by atoms with Gasteiger partial charge in [-0.15, -0.1) is 10.2 Å². The first-order valence-corrected chi connectivity index (χ1v) is 7.40. The molecule has 17 heavy (non-hydrogen) atoms. The average Bonchev–Trinajstić information content (AvgIpc) is 2.78. The summed E-state index contributed by atoms with van der Waals surface area (Å²) in [4.78, 5) is 0. The Morgan fingerprint density at radius 1 is 1.18 bits per heavy atom. The Labute approximate surface area is 110 Å². The highest BCUT2D eigenvalue weighted by Crippen LogP contribution is 2.26. The smallest absolute Gasteiger partial charge is 0.146 e. The summed E-state index contributed by atoms with van der Waals surface area (Å²) in [5, 5.41) is 7.85. The summed E-state index contributed by atoms with van der Waals surface area (Å²) >= 11 is 3.33. The highest BCUT2D eigenvalue weighted by molar-refractivity contribution is 8.00. The highest BCUT2D eigenvalue weighted by Gasteiger charge is 2.12. The summed E-state index contributed by atoms with van der Waals surface area (Å²) in [6, 6.07) is 8.84. The van der Waals surface area contributed by atoms with Gasteiger partial charge in [0.25, 0.3) is 0 Å². The van der Waals surface area contributed by atoms with Crippen LogP contribution in [0, 0.1) is 0 Å². The summed E-state index contributed by atoms with van der Waals surface area (Å²) in [7, 11) is 0. The molecule has 90 valence electrons. The molecule has 0 atom stereocenters. The van der Waals surface area contributed by atoms with Gasteiger partial charge in [0.2, 0.25) is 0 Å². The molecule has 1 aromatic carbocycles. The molecule has 2 aromatic rings. The zero-order chi connectivity index (χ0) is 12.3. The van der Waals surface area contributed by atoms with E-state index in [2.05, 4.69) is 55.2 Å². The lowest BCUT2D eigenvalue weighted by atomic mass is 9.87. The maximum atomic E-state index is 4.02. The van der Waals surface area contributed by atoms with E-state index in [1.165, 1.54) is 11.1 Å². The number of hydrogen-bond acceptors (Lipinski definition) is 4. The molecule has 0 amide bonds. The van der Waals surface area contributed by atoms with Gasteiger partial charge < -0.3 is 0 Å². The van der Waals surface area contributed by atoms with Gasteiger partial charge >= 0.3 is 0 Å². The molecule has 0 aliphatic carbocycles. The van der Waals surface area contributed by atoms with Crippen LogP contribution in [0.25, 0.3) is 0 Å². The van der Waals surface area contributed by atoms with Crippen molar-refractivity contribution in [3.63, 3.8) is 0 Å². The van der Waals surface area contributed by atoms with Crippen LogP contribution < -0.4 is 0 Å². The number of nitrogens with zero attached hydrogens (tertiary/aromatic N) is 2. The van der Waals surface area contributed by atoms with Gasteiger partial charge in [-0.25, -0.2) is 0 Å². The van der Waals surface area contributed by atoms with E-state index >= 15 is 0 Å². The van der Waals surface area contributed by atoms with Crippen molar-refractivity contribution >= 4 is 23.1 Å². The summed E-state index contributed by atoms with van der Waals surface area (Å²) in [6.45, 7) is 6.70. The Hall–Kier alpha value is -0.870. The van der Waals surface area contributed by atoms with E-state index in [4.69, 9.17) is 0 Å². The molecule has 2 nitrogen and oxygen atoms in total. The maximum Gasteiger partial charge on any atom is 0.174 e. The van der Waals surface area contributed by atoms with Crippen LogP contribution in [0.1, 0.15) is 31.9 Å². The van der Waals surface area contributed by atoms with E-state index in [9.17, 15) is 0 Å². The van der Waals surface area contributed by atoms with Crippen molar-refractivity contribution in [2.24, 2.45) is 0 Å². The molecular formula is C13H16N2S2. The van der Waals surface area contributed by atoms with E-state index in [1.807, 2.05) is 0 Å². The lowest BCUT2D eigenvalue weighted by Gasteiger charge is -2.19. The molecular weight excluding hydrogens is 248 g/mol. The molecule has 2 rings (SSSR count). The van der Waals surface area contributed by atoms with Gasteiger partial charge in [-0.1, -0.05) is 68.1 Å². The molecule has 0 spiro atoms. The van der Waals surface area contributed by atoms with Gasteiger partial charge in [0.15, 0.2) is 4.34 Å². The Balaban J connectivity index is 1.99. The third kappa shape index (κ3) is 3.54. The minimum absolute atomic E-state index is 0.227. The fourth-order valence-electron chi connectivity index (χ4n) is 1.47. The molecule has 1 heterocycles. The Bertz CT molecular complexity index is 455. The van der Waals surface area contributed by atoms with E-state index in [0.29, 0.717) is 0 Å². The lowest BCUT2D eigenvalue weighted by molar-refractivity contribution is 0.590. The van der Waals surface area contributed by atoms with E-state index < -0.39 is 0 Å². The maximum absolute atomic E-state index is 4.02. The number of aromatic nitrogens is 2. The molecule has 0 aliphatic heterocycles. The molecule has 0 aliphatic rings. The monoisotopic (exact) mass is 264 g/mol. The van der Waals surface area contributed by atoms with Crippen LogP contribution in [0.15, 0.2) is 34.1 Å². The summed E-state index contributed by atoms with van der Waals surface area (Å²) in [6.07, 6.45) is 0. The third-order valence-electron chi connectivity index (χ3n) is 2.52. The van der Waals surface area contributed by atoms with Crippen molar-refractivity contribution in [3.05, 3.63) is 40.9 Å². The highest BCUT2D eigenvalue weighted by atomic mass is 32.2. The van der Waals surface area contributed by atoms with Gasteiger partial charge in [0.05, 0.1) is 0 Å². The predicted octanol–water partition coefficient (Wildman–Crippen LogP) is 4.13. The molecule has 0 bridgehead atoms. The van der Waals surface area contributed by atoms with E-state index in [-0.39, 0.29) is 5.41 Å². The van der Waals surface area contributed by atoms with Crippen molar-refractivity contribution in [1.29, 1.82) is 0 Å². The first-order chi connectivity index (χ1) is 8.05. The van der Waals surface area contributed by atoms with Crippen LogP contribution in [-0.4, -0.2) is 10.2 Å².